The third-order valence-corrected chi connectivity index (χ3v) is 2.69. The standard InChI is InChI=1S/C15H10O2.Ca.2H/c16-13-10-15(11-6-2-1-3-7-11)17-14-9-5-4-8-12(13)14;;;/h1-10H;;;. The molecule has 0 aliphatic heterocycles. The fraction of sp³-hybridized carbons (Fsp3) is 0. The van der Waals surface area contributed by atoms with E-state index in [0.29, 0.717) is 16.7 Å². The van der Waals surface area contributed by atoms with Gasteiger partial charge in [0, 0.05) is 11.6 Å². The van der Waals surface area contributed by atoms with E-state index in [1.54, 1.807) is 6.07 Å². The average Bonchev–Trinajstić information content (AvgIpc) is 2.40. The second-order valence-electron chi connectivity index (χ2n) is 3.84. The fourth-order valence-electron chi connectivity index (χ4n) is 1.85. The van der Waals surface area contributed by atoms with Crippen LogP contribution in [-0.4, -0.2) is 37.7 Å². The minimum absolute atomic E-state index is 0. The van der Waals surface area contributed by atoms with E-state index in [4.69, 9.17) is 4.42 Å². The zero-order valence-corrected chi connectivity index (χ0v) is 9.09. The van der Waals surface area contributed by atoms with E-state index >= 15 is 0 Å². The molecule has 3 heteroatoms. The van der Waals surface area contributed by atoms with Gasteiger partial charge in [-0.05, 0) is 12.1 Å². The molecule has 0 aliphatic carbocycles. The summed E-state index contributed by atoms with van der Waals surface area (Å²) in [6.45, 7) is 0. The Kier molecular flexibility index (Phi) is 4.23. The number of benzene rings is 2. The van der Waals surface area contributed by atoms with Crippen LogP contribution in [0.3, 0.4) is 0 Å². The summed E-state index contributed by atoms with van der Waals surface area (Å²) in [5.41, 5.74) is 1.53. The van der Waals surface area contributed by atoms with Crippen molar-refractivity contribution in [3.63, 3.8) is 0 Å². The predicted molar refractivity (Wildman–Crippen MR) is 76.5 cm³/mol. The Hall–Kier alpha value is -1.09. The maximum atomic E-state index is 11.9. The molecule has 1 heterocycles. The van der Waals surface area contributed by atoms with Gasteiger partial charge in [0.25, 0.3) is 0 Å². The third-order valence-electron chi connectivity index (χ3n) is 2.69. The van der Waals surface area contributed by atoms with Gasteiger partial charge in [0.1, 0.15) is 11.3 Å². The molecule has 3 rings (SSSR count). The summed E-state index contributed by atoms with van der Waals surface area (Å²) < 4.78 is 5.73. The number of hydrogen-bond acceptors (Lipinski definition) is 2. The van der Waals surface area contributed by atoms with E-state index in [2.05, 4.69) is 0 Å². The van der Waals surface area contributed by atoms with E-state index in [1.807, 2.05) is 48.5 Å². The Morgan fingerprint density at radius 2 is 1.50 bits per heavy atom. The zero-order valence-electron chi connectivity index (χ0n) is 9.09. The minimum atomic E-state index is -0.00861. The third kappa shape index (κ3) is 2.51. The first-order valence-electron chi connectivity index (χ1n) is 5.43. The summed E-state index contributed by atoms with van der Waals surface area (Å²) in [4.78, 5) is 11.9. The van der Waals surface area contributed by atoms with Crippen LogP contribution in [0.2, 0.25) is 0 Å². The van der Waals surface area contributed by atoms with Crippen LogP contribution in [0.1, 0.15) is 0 Å². The molecule has 0 saturated carbocycles. The van der Waals surface area contributed by atoms with Gasteiger partial charge in [0.2, 0.25) is 0 Å². The van der Waals surface area contributed by atoms with E-state index < -0.39 is 0 Å². The molecule has 3 aromatic rings. The molecule has 1 aromatic heterocycles. The van der Waals surface area contributed by atoms with E-state index in [1.165, 1.54) is 6.07 Å². The Balaban J connectivity index is 0.00000120. The molecule has 0 fully saturated rings. The first-order chi connectivity index (χ1) is 8.34. The van der Waals surface area contributed by atoms with Crippen molar-refractivity contribution >= 4 is 48.7 Å². The number of rotatable bonds is 1. The first kappa shape index (κ1) is 13.3. The van der Waals surface area contributed by atoms with Crippen molar-refractivity contribution in [1.82, 2.24) is 0 Å². The molecule has 0 unspecified atom stereocenters. The Labute approximate surface area is 134 Å². The monoisotopic (exact) mass is 264 g/mol. The number of fused-ring (bicyclic) bond motifs is 1. The van der Waals surface area contributed by atoms with Crippen LogP contribution in [-0.2, 0) is 0 Å². The van der Waals surface area contributed by atoms with Gasteiger partial charge in [0.15, 0.2) is 5.43 Å². The Morgan fingerprint density at radius 1 is 0.833 bits per heavy atom. The summed E-state index contributed by atoms with van der Waals surface area (Å²) in [5, 5.41) is 0.618. The average molecular weight is 264 g/mol. The number of hydrogen-bond donors (Lipinski definition) is 0. The molecule has 0 N–H and O–H groups in total. The van der Waals surface area contributed by atoms with Crippen LogP contribution >= 0.6 is 0 Å². The maximum absolute atomic E-state index is 11.9. The summed E-state index contributed by atoms with van der Waals surface area (Å²) in [6, 6.07) is 18.4. The van der Waals surface area contributed by atoms with Gasteiger partial charge in [-0.1, -0.05) is 42.5 Å². The van der Waals surface area contributed by atoms with Crippen LogP contribution in [0, 0.1) is 0 Å². The van der Waals surface area contributed by atoms with Crippen molar-refractivity contribution in [3.8, 4) is 11.3 Å². The van der Waals surface area contributed by atoms with Gasteiger partial charge >= 0.3 is 37.7 Å². The number of para-hydroxylation sites is 1. The van der Waals surface area contributed by atoms with Crippen LogP contribution in [0.5, 0.6) is 0 Å². The van der Waals surface area contributed by atoms with E-state index in [9.17, 15) is 4.79 Å². The Morgan fingerprint density at radius 3 is 2.28 bits per heavy atom. The van der Waals surface area contributed by atoms with Crippen molar-refractivity contribution < 1.29 is 4.42 Å². The molecule has 0 aliphatic rings. The van der Waals surface area contributed by atoms with Crippen LogP contribution in [0.4, 0.5) is 0 Å². The molecule has 0 atom stereocenters. The van der Waals surface area contributed by atoms with E-state index in [0.717, 1.165) is 5.56 Å². The molecule has 2 nitrogen and oxygen atoms in total. The molecule has 0 radical (unpaired) electrons. The van der Waals surface area contributed by atoms with Crippen molar-refractivity contribution in [1.29, 1.82) is 0 Å². The molecule has 2 aromatic carbocycles. The molecular formula is C15H12CaO2. The van der Waals surface area contributed by atoms with Gasteiger partial charge in [-0.2, -0.15) is 0 Å². The second kappa shape index (κ2) is 5.70. The molecule has 0 saturated heterocycles. The first-order valence-corrected chi connectivity index (χ1v) is 5.43. The molecule has 0 bridgehead atoms. The predicted octanol–water partition coefficient (Wildman–Crippen LogP) is 2.54. The normalized spacial score (nSPS) is 10.0. The summed E-state index contributed by atoms with van der Waals surface area (Å²) >= 11 is 0. The topological polar surface area (TPSA) is 30.2 Å². The summed E-state index contributed by atoms with van der Waals surface area (Å²) in [7, 11) is 0. The molecule has 0 amide bonds. The molecular weight excluding hydrogens is 252 g/mol. The van der Waals surface area contributed by atoms with Crippen LogP contribution in [0.15, 0.2) is 69.9 Å². The SMILES string of the molecule is O=c1cc(-c2ccccc2)oc2ccccc12.[CaH2]. The molecule has 18 heavy (non-hydrogen) atoms. The summed E-state index contributed by atoms with van der Waals surface area (Å²) in [6.07, 6.45) is 0. The zero-order chi connectivity index (χ0) is 11.7. The van der Waals surface area contributed by atoms with Crippen LogP contribution in [0.25, 0.3) is 22.3 Å². The van der Waals surface area contributed by atoms with Crippen molar-refractivity contribution in [2.24, 2.45) is 0 Å². The van der Waals surface area contributed by atoms with Gasteiger partial charge in [0.05, 0.1) is 5.39 Å². The summed E-state index contributed by atoms with van der Waals surface area (Å²) in [5.74, 6) is 0.606. The molecule has 86 valence electrons. The molecule has 0 spiro atoms. The van der Waals surface area contributed by atoms with Gasteiger partial charge < -0.3 is 4.42 Å². The Bertz CT molecular complexity index is 717. The fourth-order valence-corrected chi connectivity index (χ4v) is 1.85. The van der Waals surface area contributed by atoms with E-state index in [-0.39, 0.29) is 43.2 Å². The second-order valence-corrected chi connectivity index (χ2v) is 3.84. The van der Waals surface area contributed by atoms with Gasteiger partial charge in [-0.25, -0.2) is 0 Å². The van der Waals surface area contributed by atoms with Gasteiger partial charge in [-0.15, -0.1) is 0 Å². The van der Waals surface area contributed by atoms with Crippen molar-refractivity contribution in [3.05, 3.63) is 70.9 Å². The van der Waals surface area contributed by atoms with Crippen LogP contribution < -0.4 is 5.43 Å². The van der Waals surface area contributed by atoms with Crippen molar-refractivity contribution in [2.75, 3.05) is 0 Å². The van der Waals surface area contributed by atoms with Gasteiger partial charge in [-0.3, -0.25) is 4.79 Å². The van der Waals surface area contributed by atoms with Crippen molar-refractivity contribution in [2.45, 2.75) is 0 Å². The quantitative estimate of drug-likeness (QED) is 0.632.